The van der Waals surface area contributed by atoms with Gasteiger partial charge in [0.25, 0.3) is 5.91 Å². The molecule has 4 nitrogen and oxygen atoms in total. The Bertz CT molecular complexity index is 683. The van der Waals surface area contributed by atoms with Crippen molar-refractivity contribution >= 4 is 22.6 Å². The lowest BCUT2D eigenvalue weighted by Gasteiger charge is -2.11. The number of nitrogens with zero attached hydrogens (tertiary/aromatic N) is 1. The molecule has 0 atom stereocenters. The standard InChI is InChI=1S/C16H17FN2O2/c1-19(2)15(20)9-10-18-16(21)13-7-8-14(17)12-6-4-3-5-11(12)13/h3-8H,9-10H2,1-2H3,(H,18,21). The largest absolute Gasteiger partial charge is 0.352 e. The third-order valence-electron chi connectivity index (χ3n) is 3.24. The van der Waals surface area contributed by atoms with Crippen molar-refractivity contribution < 1.29 is 14.0 Å². The highest BCUT2D eigenvalue weighted by Crippen LogP contribution is 2.21. The fraction of sp³-hybridized carbons (Fsp3) is 0.250. The molecule has 0 fully saturated rings. The molecule has 1 N–H and O–H groups in total. The van der Waals surface area contributed by atoms with Gasteiger partial charge in [0.15, 0.2) is 0 Å². The van der Waals surface area contributed by atoms with Gasteiger partial charge in [0, 0.05) is 38.0 Å². The van der Waals surface area contributed by atoms with Gasteiger partial charge in [-0.25, -0.2) is 4.39 Å². The number of benzene rings is 2. The van der Waals surface area contributed by atoms with Gasteiger partial charge >= 0.3 is 0 Å². The minimum atomic E-state index is -0.357. The fourth-order valence-electron chi connectivity index (χ4n) is 2.06. The second kappa shape index (κ2) is 6.35. The molecule has 0 spiro atoms. The van der Waals surface area contributed by atoms with Gasteiger partial charge in [-0.2, -0.15) is 0 Å². The van der Waals surface area contributed by atoms with Crippen molar-refractivity contribution in [1.82, 2.24) is 10.2 Å². The van der Waals surface area contributed by atoms with E-state index in [2.05, 4.69) is 5.32 Å². The van der Waals surface area contributed by atoms with Gasteiger partial charge in [-0.3, -0.25) is 9.59 Å². The maximum absolute atomic E-state index is 13.7. The lowest BCUT2D eigenvalue weighted by molar-refractivity contribution is -0.128. The minimum absolute atomic E-state index is 0.0562. The average molecular weight is 288 g/mol. The minimum Gasteiger partial charge on any atom is -0.352 e. The van der Waals surface area contributed by atoms with Crippen LogP contribution < -0.4 is 5.32 Å². The van der Waals surface area contributed by atoms with Crippen molar-refractivity contribution in [3.8, 4) is 0 Å². The van der Waals surface area contributed by atoms with Crippen LogP contribution in [0.25, 0.3) is 10.8 Å². The number of hydrogen-bond acceptors (Lipinski definition) is 2. The summed E-state index contributed by atoms with van der Waals surface area (Å²) < 4.78 is 13.7. The first-order valence-corrected chi connectivity index (χ1v) is 6.66. The predicted molar refractivity (Wildman–Crippen MR) is 79.6 cm³/mol. The van der Waals surface area contributed by atoms with Crippen molar-refractivity contribution in [3.63, 3.8) is 0 Å². The number of hydrogen-bond donors (Lipinski definition) is 1. The first-order chi connectivity index (χ1) is 10.0. The van der Waals surface area contributed by atoms with E-state index in [0.29, 0.717) is 16.3 Å². The third kappa shape index (κ3) is 3.37. The number of nitrogens with one attached hydrogen (secondary N) is 1. The summed E-state index contributed by atoms with van der Waals surface area (Å²) in [5, 5.41) is 3.66. The Morgan fingerprint density at radius 1 is 1.10 bits per heavy atom. The molecular formula is C16H17FN2O2. The molecule has 0 radical (unpaired) electrons. The van der Waals surface area contributed by atoms with Gasteiger partial charge in [-0.05, 0) is 17.5 Å². The lowest BCUT2D eigenvalue weighted by Crippen LogP contribution is -2.30. The Kier molecular flexibility index (Phi) is 4.52. The summed E-state index contributed by atoms with van der Waals surface area (Å²) in [6.45, 7) is 0.252. The maximum atomic E-state index is 13.7. The SMILES string of the molecule is CN(C)C(=O)CCNC(=O)c1ccc(F)c2ccccc12. The Labute approximate surface area is 122 Å². The van der Waals surface area contributed by atoms with Crippen molar-refractivity contribution in [3.05, 3.63) is 47.8 Å². The Morgan fingerprint density at radius 2 is 1.76 bits per heavy atom. The molecule has 0 saturated carbocycles. The van der Waals surface area contributed by atoms with Crippen LogP contribution in [0.1, 0.15) is 16.8 Å². The summed E-state index contributed by atoms with van der Waals surface area (Å²) >= 11 is 0. The summed E-state index contributed by atoms with van der Waals surface area (Å²) in [6.07, 6.45) is 0.234. The van der Waals surface area contributed by atoms with Gasteiger partial charge in [-0.1, -0.05) is 24.3 Å². The van der Waals surface area contributed by atoms with Gasteiger partial charge in [0.2, 0.25) is 5.91 Å². The molecule has 5 heteroatoms. The second-order valence-electron chi connectivity index (χ2n) is 4.93. The van der Waals surface area contributed by atoms with Crippen LogP contribution in [0.5, 0.6) is 0 Å². The Morgan fingerprint density at radius 3 is 2.43 bits per heavy atom. The molecule has 2 aromatic carbocycles. The first kappa shape index (κ1) is 15.0. The molecule has 0 saturated heterocycles. The topological polar surface area (TPSA) is 49.4 Å². The first-order valence-electron chi connectivity index (χ1n) is 6.66. The zero-order chi connectivity index (χ0) is 15.4. The highest BCUT2D eigenvalue weighted by atomic mass is 19.1. The van der Waals surface area contributed by atoms with E-state index in [-0.39, 0.29) is 30.6 Å². The molecule has 0 aliphatic heterocycles. The van der Waals surface area contributed by atoms with Gasteiger partial charge in [0.05, 0.1) is 0 Å². The van der Waals surface area contributed by atoms with Gasteiger partial charge < -0.3 is 10.2 Å². The average Bonchev–Trinajstić information content (AvgIpc) is 2.47. The smallest absolute Gasteiger partial charge is 0.251 e. The number of halogens is 1. The Balaban J connectivity index is 2.13. The van der Waals surface area contributed by atoms with Crippen LogP contribution in [-0.2, 0) is 4.79 Å². The molecule has 2 rings (SSSR count). The van der Waals surface area contributed by atoms with Crippen LogP contribution in [0.15, 0.2) is 36.4 Å². The van der Waals surface area contributed by atoms with E-state index in [9.17, 15) is 14.0 Å². The van der Waals surface area contributed by atoms with E-state index in [0.717, 1.165) is 0 Å². The Hall–Kier alpha value is -2.43. The fourth-order valence-corrected chi connectivity index (χ4v) is 2.06. The molecule has 2 amide bonds. The molecule has 2 aromatic rings. The molecule has 110 valence electrons. The molecule has 0 aromatic heterocycles. The van der Waals surface area contributed by atoms with E-state index >= 15 is 0 Å². The predicted octanol–water partition coefficient (Wildman–Crippen LogP) is 2.19. The quantitative estimate of drug-likeness (QED) is 0.937. The summed E-state index contributed by atoms with van der Waals surface area (Å²) in [7, 11) is 3.33. The molecule has 0 heterocycles. The number of carbonyl (C=O) groups excluding carboxylic acids is 2. The highest BCUT2D eigenvalue weighted by molar-refractivity contribution is 6.07. The van der Waals surface area contributed by atoms with Crippen LogP contribution in [0.3, 0.4) is 0 Å². The number of carbonyl (C=O) groups is 2. The monoisotopic (exact) mass is 288 g/mol. The summed E-state index contributed by atoms with van der Waals surface area (Å²) in [5.41, 5.74) is 0.407. The molecule has 21 heavy (non-hydrogen) atoms. The number of rotatable bonds is 4. The molecule has 0 aliphatic rings. The molecule has 0 aliphatic carbocycles. The molecule has 0 unspecified atom stereocenters. The second-order valence-corrected chi connectivity index (χ2v) is 4.93. The molecular weight excluding hydrogens is 271 g/mol. The van der Waals surface area contributed by atoms with Crippen molar-refractivity contribution in [2.24, 2.45) is 0 Å². The number of fused-ring (bicyclic) bond motifs is 1. The zero-order valence-electron chi connectivity index (χ0n) is 12.0. The van der Waals surface area contributed by atoms with E-state index in [1.807, 2.05) is 0 Å². The summed E-state index contributed by atoms with van der Waals surface area (Å²) in [4.78, 5) is 25.1. The maximum Gasteiger partial charge on any atom is 0.251 e. The van der Waals surface area contributed by atoms with Crippen molar-refractivity contribution in [2.75, 3.05) is 20.6 Å². The van der Waals surface area contributed by atoms with Crippen LogP contribution in [0.2, 0.25) is 0 Å². The van der Waals surface area contributed by atoms with E-state index in [4.69, 9.17) is 0 Å². The molecule has 0 bridgehead atoms. The van der Waals surface area contributed by atoms with Crippen molar-refractivity contribution in [1.29, 1.82) is 0 Å². The van der Waals surface area contributed by atoms with Crippen LogP contribution in [0.4, 0.5) is 4.39 Å². The summed E-state index contributed by atoms with van der Waals surface area (Å²) in [6, 6.07) is 9.56. The van der Waals surface area contributed by atoms with E-state index in [1.165, 1.54) is 17.0 Å². The van der Waals surface area contributed by atoms with Gasteiger partial charge in [0.1, 0.15) is 5.82 Å². The van der Waals surface area contributed by atoms with Crippen LogP contribution in [-0.4, -0.2) is 37.4 Å². The van der Waals surface area contributed by atoms with E-state index in [1.54, 1.807) is 38.4 Å². The summed E-state index contributed by atoms with van der Waals surface area (Å²) in [5.74, 6) is -0.720. The van der Waals surface area contributed by atoms with Gasteiger partial charge in [-0.15, -0.1) is 0 Å². The number of amides is 2. The van der Waals surface area contributed by atoms with Crippen LogP contribution in [0, 0.1) is 5.82 Å². The zero-order valence-corrected chi connectivity index (χ0v) is 12.0. The normalized spacial score (nSPS) is 10.4. The highest BCUT2D eigenvalue weighted by Gasteiger charge is 2.12. The van der Waals surface area contributed by atoms with Crippen LogP contribution >= 0.6 is 0 Å². The third-order valence-corrected chi connectivity index (χ3v) is 3.24. The van der Waals surface area contributed by atoms with Crippen molar-refractivity contribution in [2.45, 2.75) is 6.42 Å². The lowest BCUT2D eigenvalue weighted by atomic mass is 10.0. The van der Waals surface area contributed by atoms with E-state index < -0.39 is 0 Å².